The number of hydrogen-bond acceptors (Lipinski definition) is 3. The summed E-state index contributed by atoms with van der Waals surface area (Å²) >= 11 is 0. The molecule has 2 atom stereocenters. The predicted molar refractivity (Wildman–Crippen MR) is 70.0 cm³/mol. The predicted octanol–water partition coefficient (Wildman–Crippen LogP) is 3.22. The fraction of sp³-hybridized carbons (Fsp3) is 0.643. The largest absolute Gasteiger partial charge is 0.373 e. The first-order valence-electron chi connectivity index (χ1n) is 6.54. The average Bonchev–Trinajstić information content (AvgIpc) is 2.38. The van der Waals surface area contributed by atoms with Crippen molar-refractivity contribution in [3.8, 4) is 0 Å². The molecule has 0 amide bonds. The quantitative estimate of drug-likeness (QED) is 0.868. The lowest BCUT2D eigenvalue weighted by Gasteiger charge is -2.28. The molecule has 0 aromatic carbocycles. The van der Waals surface area contributed by atoms with E-state index in [0.29, 0.717) is 18.6 Å². The SMILES string of the molecule is CNc1ccc(COC2CCCCC2C)cn1. The molecule has 1 aromatic heterocycles. The van der Waals surface area contributed by atoms with Gasteiger partial charge in [0.05, 0.1) is 12.7 Å². The third-order valence-corrected chi connectivity index (χ3v) is 3.58. The molecule has 1 fully saturated rings. The Morgan fingerprint density at radius 1 is 1.35 bits per heavy atom. The highest BCUT2D eigenvalue weighted by Crippen LogP contribution is 2.26. The van der Waals surface area contributed by atoms with Gasteiger partial charge in [0.1, 0.15) is 5.82 Å². The van der Waals surface area contributed by atoms with Gasteiger partial charge in [0.2, 0.25) is 0 Å². The molecule has 1 saturated carbocycles. The maximum absolute atomic E-state index is 5.99. The van der Waals surface area contributed by atoms with Crippen LogP contribution in [-0.2, 0) is 11.3 Å². The van der Waals surface area contributed by atoms with Crippen molar-refractivity contribution in [2.24, 2.45) is 5.92 Å². The van der Waals surface area contributed by atoms with Crippen LogP contribution in [0.2, 0.25) is 0 Å². The molecule has 0 radical (unpaired) electrons. The van der Waals surface area contributed by atoms with Crippen molar-refractivity contribution in [3.63, 3.8) is 0 Å². The number of aromatic nitrogens is 1. The monoisotopic (exact) mass is 234 g/mol. The van der Waals surface area contributed by atoms with E-state index >= 15 is 0 Å². The molecule has 2 unspecified atom stereocenters. The first-order valence-corrected chi connectivity index (χ1v) is 6.54. The van der Waals surface area contributed by atoms with Gasteiger partial charge in [0.25, 0.3) is 0 Å². The Bertz CT molecular complexity index is 337. The van der Waals surface area contributed by atoms with Gasteiger partial charge in [-0.25, -0.2) is 4.98 Å². The number of hydrogen-bond donors (Lipinski definition) is 1. The van der Waals surface area contributed by atoms with Crippen molar-refractivity contribution in [1.82, 2.24) is 4.98 Å². The summed E-state index contributed by atoms with van der Waals surface area (Å²) < 4.78 is 5.99. The van der Waals surface area contributed by atoms with Crippen molar-refractivity contribution < 1.29 is 4.74 Å². The highest BCUT2D eigenvalue weighted by molar-refractivity contribution is 5.34. The molecule has 1 N–H and O–H groups in total. The van der Waals surface area contributed by atoms with Gasteiger partial charge in [-0.1, -0.05) is 25.8 Å². The van der Waals surface area contributed by atoms with Gasteiger partial charge >= 0.3 is 0 Å². The number of rotatable bonds is 4. The summed E-state index contributed by atoms with van der Waals surface area (Å²) in [6, 6.07) is 4.06. The van der Waals surface area contributed by atoms with Crippen LogP contribution < -0.4 is 5.32 Å². The van der Waals surface area contributed by atoms with E-state index in [9.17, 15) is 0 Å². The summed E-state index contributed by atoms with van der Waals surface area (Å²) in [5.41, 5.74) is 1.15. The van der Waals surface area contributed by atoms with Crippen LogP contribution in [0.1, 0.15) is 38.2 Å². The first kappa shape index (κ1) is 12.4. The van der Waals surface area contributed by atoms with E-state index in [4.69, 9.17) is 4.74 Å². The zero-order chi connectivity index (χ0) is 12.1. The van der Waals surface area contributed by atoms with E-state index in [-0.39, 0.29) is 0 Å². The summed E-state index contributed by atoms with van der Waals surface area (Å²) in [5.74, 6) is 1.60. The lowest BCUT2D eigenvalue weighted by atomic mass is 9.88. The molecule has 0 spiro atoms. The highest BCUT2D eigenvalue weighted by atomic mass is 16.5. The van der Waals surface area contributed by atoms with Crippen LogP contribution in [0.25, 0.3) is 0 Å². The summed E-state index contributed by atoms with van der Waals surface area (Å²) in [6.45, 7) is 2.98. The zero-order valence-corrected chi connectivity index (χ0v) is 10.8. The molecule has 0 saturated heterocycles. The smallest absolute Gasteiger partial charge is 0.125 e. The fourth-order valence-corrected chi connectivity index (χ4v) is 2.39. The molecule has 1 aromatic rings. The molecule has 1 aliphatic rings. The maximum atomic E-state index is 5.99. The van der Waals surface area contributed by atoms with Crippen molar-refractivity contribution in [3.05, 3.63) is 23.9 Å². The zero-order valence-electron chi connectivity index (χ0n) is 10.8. The van der Waals surface area contributed by atoms with E-state index in [1.165, 1.54) is 25.7 Å². The van der Waals surface area contributed by atoms with E-state index < -0.39 is 0 Å². The second kappa shape index (κ2) is 6.01. The van der Waals surface area contributed by atoms with Crippen molar-refractivity contribution in [1.29, 1.82) is 0 Å². The van der Waals surface area contributed by atoms with Crippen LogP contribution >= 0.6 is 0 Å². The van der Waals surface area contributed by atoms with E-state index in [1.54, 1.807) is 0 Å². The Hall–Kier alpha value is -1.09. The van der Waals surface area contributed by atoms with Crippen molar-refractivity contribution in [2.75, 3.05) is 12.4 Å². The Kier molecular flexibility index (Phi) is 4.37. The topological polar surface area (TPSA) is 34.1 Å². The van der Waals surface area contributed by atoms with Crippen LogP contribution in [0.5, 0.6) is 0 Å². The minimum absolute atomic E-state index is 0.438. The third-order valence-electron chi connectivity index (χ3n) is 3.58. The molecule has 3 nitrogen and oxygen atoms in total. The fourth-order valence-electron chi connectivity index (χ4n) is 2.39. The molecule has 94 valence electrons. The van der Waals surface area contributed by atoms with Gasteiger partial charge in [0, 0.05) is 13.2 Å². The lowest BCUT2D eigenvalue weighted by Crippen LogP contribution is -2.25. The van der Waals surface area contributed by atoms with Gasteiger partial charge in [0.15, 0.2) is 0 Å². The van der Waals surface area contributed by atoms with Gasteiger partial charge in [-0.3, -0.25) is 0 Å². The molecule has 1 heterocycles. The molecular formula is C14H22N2O. The number of anilines is 1. The van der Waals surface area contributed by atoms with Gasteiger partial charge in [-0.15, -0.1) is 0 Å². The second-order valence-electron chi connectivity index (χ2n) is 4.91. The van der Waals surface area contributed by atoms with Crippen LogP contribution in [0.15, 0.2) is 18.3 Å². The summed E-state index contributed by atoms with van der Waals surface area (Å²) in [7, 11) is 1.88. The molecular weight excluding hydrogens is 212 g/mol. The molecule has 0 aliphatic heterocycles. The number of pyridine rings is 1. The Balaban J connectivity index is 1.84. The Morgan fingerprint density at radius 3 is 2.82 bits per heavy atom. The number of nitrogens with zero attached hydrogens (tertiary/aromatic N) is 1. The number of ether oxygens (including phenoxy) is 1. The minimum atomic E-state index is 0.438. The second-order valence-corrected chi connectivity index (χ2v) is 4.91. The summed E-state index contributed by atoms with van der Waals surface area (Å²) in [6.07, 6.45) is 7.52. The molecule has 1 aliphatic carbocycles. The standard InChI is InChI=1S/C14H22N2O/c1-11-5-3-4-6-13(11)17-10-12-7-8-14(15-2)16-9-12/h7-9,11,13H,3-6,10H2,1-2H3,(H,15,16). The van der Waals surface area contributed by atoms with Gasteiger partial charge in [-0.2, -0.15) is 0 Å². The van der Waals surface area contributed by atoms with Gasteiger partial charge < -0.3 is 10.1 Å². The van der Waals surface area contributed by atoms with E-state index in [1.807, 2.05) is 19.3 Å². The van der Waals surface area contributed by atoms with Crippen LogP contribution in [0.4, 0.5) is 5.82 Å². The van der Waals surface area contributed by atoms with E-state index in [0.717, 1.165) is 11.4 Å². The van der Waals surface area contributed by atoms with Crippen LogP contribution in [-0.4, -0.2) is 18.1 Å². The van der Waals surface area contributed by atoms with Crippen LogP contribution in [0, 0.1) is 5.92 Å². The average molecular weight is 234 g/mol. The lowest BCUT2D eigenvalue weighted by molar-refractivity contribution is -0.0155. The van der Waals surface area contributed by atoms with Crippen LogP contribution in [0.3, 0.4) is 0 Å². The molecule has 2 rings (SSSR count). The summed E-state index contributed by atoms with van der Waals surface area (Å²) in [4.78, 5) is 4.29. The van der Waals surface area contributed by atoms with Gasteiger partial charge in [-0.05, 0) is 30.4 Å². The minimum Gasteiger partial charge on any atom is -0.373 e. The number of nitrogens with one attached hydrogen (secondary N) is 1. The first-order chi connectivity index (χ1) is 8.29. The molecule has 0 bridgehead atoms. The normalized spacial score (nSPS) is 24.6. The van der Waals surface area contributed by atoms with E-state index in [2.05, 4.69) is 23.3 Å². The molecule has 3 heteroatoms. The maximum Gasteiger partial charge on any atom is 0.125 e. The summed E-state index contributed by atoms with van der Waals surface area (Å²) in [5, 5.41) is 3.01. The highest BCUT2D eigenvalue weighted by Gasteiger charge is 2.21. The van der Waals surface area contributed by atoms with Crippen molar-refractivity contribution >= 4 is 5.82 Å². The third kappa shape index (κ3) is 3.43. The van der Waals surface area contributed by atoms with Crippen molar-refractivity contribution in [2.45, 2.75) is 45.3 Å². The Morgan fingerprint density at radius 2 is 2.18 bits per heavy atom. The Labute approximate surface area is 104 Å². The molecule has 17 heavy (non-hydrogen) atoms.